The molecule has 2 fully saturated rings. The molecule has 1 saturated carbocycles. The van der Waals surface area contributed by atoms with Crippen LogP contribution in [0.3, 0.4) is 0 Å². The van der Waals surface area contributed by atoms with Gasteiger partial charge < -0.3 is 15.2 Å². The van der Waals surface area contributed by atoms with Crippen LogP contribution in [0.15, 0.2) is 4.52 Å². The Morgan fingerprint density at radius 3 is 2.80 bits per heavy atom. The zero-order valence-electron chi connectivity index (χ0n) is 12.5. The van der Waals surface area contributed by atoms with Crippen molar-refractivity contribution in [3.05, 3.63) is 11.7 Å². The van der Waals surface area contributed by atoms with Crippen molar-refractivity contribution in [3.63, 3.8) is 0 Å². The standard InChI is InChI=1S/C14H25N5O/c1-18-6-7-19(2)11(9-18)13-16-12(20-17-13)8-14(10-15)4-3-5-14/h11H,3-10,15H2,1-2H3. The fraction of sp³-hybridized carbons (Fsp3) is 0.857. The second kappa shape index (κ2) is 5.42. The number of hydrogen-bond donors (Lipinski definition) is 1. The van der Waals surface area contributed by atoms with Crippen LogP contribution in [0.25, 0.3) is 0 Å². The summed E-state index contributed by atoms with van der Waals surface area (Å²) in [6.45, 7) is 3.81. The fourth-order valence-corrected chi connectivity index (χ4v) is 3.21. The molecular weight excluding hydrogens is 254 g/mol. The van der Waals surface area contributed by atoms with Crippen molar-refractivity contribution in [2.45, 2.75) is 31.7 Å². The monoisotopic (exact) mass is 279 g/mol. The highest BCUT2D eigenvalue weighted by Crippen LogP contribution is 2.42. The topological polar surface area (TPSA) is 71.4 Å². The van der Waals surface area contributed by atoms with Crippen molar-refractivity contribution in [1.29, 1.82) is 0 Å². The molecule has 112 valence electrons. The van der Waals surface area contributed by atoms with Crippen LogP contribution in [-0.4, -0.2) is 60.2 Å². The third kappa shape index (κ3) is 2.60. The molecular formula is C14H25N5O. The average molecular weight is 279 g/mol. The van der Waals surface area contributed by atoms with Gasteiger partial charge in [0, 0.05) is 26.1 Å². The average Bonchev–Trinajstić information content (AvgIpc) is 2.85. The van der Waals surface area contributed by atoms with E-state index in [1.807, 2.05) is 0 Å². The van der Waals surface area contributed by atoms with E-state index in [4.69, 9.17) is 10.3 Å². The van der Waals surface area contributed by atoms with Crippen LogP contribution >= 0.6 is 0 Å². The Bertz CT molecular complexity index is 451. The Labute approximate surface area is 120 Å². The Kier molecular flexibility index (Phi) is 3.79. The number of rotatable bonds is 4. The van der Waals surface area contributed by atoms with E-state index in [9.17, 15) is 0 Å². The minimum Gasteiger partial charge on any atom is -0.339 e. The van der Waals surface area contributed by atoms with Crippen molar-refractivity contribution >= 4 is 0 Å². The van der Waals surface area contributed by atoms with Crippen molar-refractivity contribution < 1.29 is 4.52 Å². The lowest BCUT2D eigenvalue weighted by Crippen LogP contribution is -2.45. The molecule has 1 atom stereocenters. The van der Waals surface area contributed by atoms with Crippen molar-refractivity contribution in [2.75, 3.05) is 40.3 Å². The largest absolute Gasteiger partial charge is 0.339 e. The number of hydrogen-bond acceptors (Lipinski definition) is 6. The van der Waals surface area contributed by atoms with Crippen molar-refractivity contribution in [3.8, 4) is 0 Å². The van der Waals surface area contributed by atoms with E-state index >= 15 is 0 Å². The van der Waals surface area contributed by atoms with E-state index < -0.39 is 0 Å². The summed E-state index contributed by atoms with van der Waals surface area (Å²) in [5.74, 6) is 1.58. The molecule has 1 aromatic heterocycles. The van der Waals surface area contributed by atoms with E-state index in [-0.39, 0.29) is 11.5 Å². The molecule has 3 rings (SSSR count). The first-order chi connectivity index (χ1) is 9.62. The maximum atomic E-state index is 5.90. The van der Waals surface area contributed by atoms with Crippen LogP contribution in [0.2, 0.25) is 0 Å². The lowest BCUT2D eigenvalue weighted by molar-refractivity contribution is 0.107. The lowest BCUT2D eigenvalue weighted by atomic mass is 9.67. The van der Waals surface area contributed by atoms with Gasteiger partial charge in [0.15, 0.2) is 5.82 Å². The second-order valence-electron chi connectivity index (χ2n) is 6.54. The lowest BCUT2D eigenvalue weighted by Gasteiger charge is -2.39. The van der Waals surface area contributed by atoms with E-state index in [1.54, 1.807) is 0 Å². The minimum absolute atomic E-state index is 0.221. The maximum Gasteiger partial charge on any atom is 0.227 e. The first-order valence-electron chi connectivity index (χ1n) is 7.53. The molecule has 2 heterocycles. The minimum atomic E-state index is 0.221. The van der Waals surface area contributed by atoms with Gasteiger partial charge in [0.05, 0.1) is 6.04 Å². The fourth-order valence-electron chi connectivity index (χ4n) is 3.21. The summed E-state index contributed by atoms with van der Waals surface area (Å²) in [5, 5.41) is 4.21. The van der Waals surface area contributed by atoms with Gasteiger partial charge >= 0.3 is 0 Å². The Morgan fingerprint density at radius 1 is 1.35 bits per heavy atom. The Balaban J connectivity index is 1.69. The van der Waals surface area contributed by atoms with Gasteiger partial charge in [0.1, 0.15) is 0 Å². The third-order valence-electron chi connectivity index (χ3n) is 5.01. The van der Waals surface area contributed by atoms with Crippen LogP contribution in [0.5, 0.6) is 0 Å². The summed E-state index contributed by atoms with van der Waals surface area (Å²) in [6, 6.07) is 0.237. The van der Waals surface area contributed by atoms with E-state index in [2.05, 4.69) is 34.0 Å². The quantitative estimate of drug-likeness (QED) is 0.873. The molecule has 1 unspecified atom stereocenters. The van der Waals surface area contributed by atoms with Crippen LogP contribution in [-0.2, 0) is 6.42 Å². The van der Waals surface area contributed by atoms with Crippen LogP contribution in [0, 0.1) is 5.41 Å². The molecule has 1 aliphatic carbocycles. The van der Waals surface area contributed by atoms with Gasteiger partial charge in [-0.15, -0.1) is 0 Å². The van der Waals surface area contributed by atoms with Gasteiger partial charge in [-0.1, -0.05) is 11.6 Å². The van der Waals surface area contributed by atoms with Crippen LogP contribution in [0.1, 0.15) is 37.0 Å². The molecule has 2 N–H and O–H groups in total. The molecule has 6 heteroatoms. The van der Waals surface area contributed by atoms with Gasteiger partial charge in [-0.3, -0.25) is 4.90 Å². The molecule has 0 radical (unpaired) electrons. The molecule has 0 bridgehead atoms. The summed E-state index contributed by atoms with van der Waals surface area (Å²) in [7, 11) is 4.26. The molecule has 1 aromatic rings. The molecule has 0 amide bonds. The van der Waals surface area contributed by atoms with Gasteiger partial charge in [0.25, 0.3) is 0 Å². The molecule has 1 aliphatic heterocycles. The van der Waals surface area contributed by atoms with Crippen molar-refractivity contribution in [1.82, 2.24) is 19.9 Å². The van der Waals surface area contributed by atoms with Gasteiger partial charge in [-0.2, -0.15) is 4.98 Å². The first kappa shape index (κ1) is 14.0. The number of piperazine rings is 1. The summed E-state index contributed by atoms with van der Waals surface area (Å²) in [4.78, 5) is 9.25. The molecule has 0 aromatic carbocycles. The molecule has 6 nitrogen and oxygen atoms in total. The summed E-state index contributed by atoms with van der Waals surface area (Å²) in [6.07, 6.45) is 4.48. The van der Waals surface area contributed by atoms with E-state index in [0.29, 0.717) is 0 Å². The number of nitrogens with zero attached hydrogens (tertiary/aromatic N) is 4. The Morgan fingerprint density at radius 2 is 2.15 bits per heavy atom. The summed E-state index contributed by atoms with van der Waals surface area (Å²) >= 11 is 0. The smallest absolute Gasteiger partial charge is 0.227 e. The second-order valence-corrected chi connectivity index (χ2v) is 6.54. The summed E-state index contributed by atoms with van der Waals surface area (Å²) in [5.41, 5.74) is 6.12. The number of aromatic nitrogens is 2. The zero-order chi connectivity index (χ0) is 14.2. The highest BCUT2D eigenvalue weighted by Gasteiger charge is 2.38. The highest BCUT2D eigenvalue weighted by molar-refractivity contribution is 5.01. The van der Waals surface area contributed by atoms with Crippen LogP contribution < -0.4 is 5.73 Å². The molecule has 20 heavy (non-hydrogen) atoms. The molecule has 1 saturated heterocycles. The van der Waals surface area contributed by atoms with E-state index in [1.165, 1.54) is 19.3 Å². The van der Waals surface area contributed by atoms with Gasteiger partial charge in [-0.25, -0.2) is 0 Å². The van der Waals surface area contributed by atoms with E-state index in [0.717, 1.165) is 44.3 Å². The molecule has 0 spiro atoms. The van der Waals surface area contributed by atoms with Gasteiger partial charge in [-0.05, 0) is 38.9 Å². The number of nitrogens with two attached hydrogens (primary N) is 1. The third-order valence-corrected chi connectivity index (χ3v) is 5.01. The zero-order valence-corrected chi connectivity index (χ0v) is 12.5. The normalized spacial score (nSPS) is 27.4. The van der Waals surface area contributed by atoms with Gasteiger partial charge in [0.2, 0.25) is 5.89 Å². The Hall–Kier alpha value is -0.980. The maximum absolute atomic E-state index is 5.90. The molecule has 2 aliphatic rings. The SMILES string of the molecule is CN1CCN(C)C(c2noc(CC3(CN)CCC3)n2)C1. The predicted octanol–water partition coefficient (Wildman–Crippen LogP) is 0.659. The summed E-state index contributed by atoms with van der Waals surface area (Å²) < 4.78 is 5.47. The predicted molar refractivity (Wildman–Crippen MR) is 76.2 cm³/mol. The van der Waals surface area contributed by atoms with Crippen LogP contribution in [0.4, 0.5) is 0 Å². The number of likely N-dealkylation sites (N-methyl/N-ethyl adjacent to an activating group) is 2. The van der Waals surface area contributed by atoms with Crippen molar-refractivity contribution in [2.24, 2.45) is 11.1 Å². The first-order valence-corrected chi connectivity index (χ1v) is 7.53. The highest BCUT2D eigenvalue weighted by atomic mass is 16.5.